The maximum Gasteiger partial charge on any atom is 0.355 e. The molecule has 2 aromatic heterocycles. The molecule has 0 aliphatic carbocycles. The number of fused-ring (bicyclic) bond motifs is 1. The Kier molecular flexibility index (Phi) is 8.07. The molecule has 0 radical (unpaired) electrons. The lowest BCUT2D eigenvalue weighted by Crippen LogP contribution is -2.24. The molecule has 0 saturated carbocycles. The van der Waals surface area contributed by atoms with Gasteiger partial charge in [-0.3, -0.25) is 4.79 Å². The number of benzene rings is 2. The number of halogens is 3. The van der Waals surface area contributed by atoms with Crippen LogP contribution in [0.1, 0.15) is 23.0 Å². The second-order valence-corrected chi connectivity index (χ2v) is 8.11. The summed E-state index contributed by atoms with van der Waals surface area (Å²) in [5.41, 5.74) is -1.64. The molecule has 4 rings (SSSR count). The third-order valence-corrected chi connectivity index (χ3v) is 5.72. The van der Waals surface area contributed by atoms with Crippen LogP contribution in [0.15, 0.2) is 65.6 Å². The largest absolute Gasteiger partial charge is 0.461 e. The van der Waals surface area contributed by atoms with E-state index in [2.05, 4.69) is 15.6 Å². The molecule has 7 nitrogen and oxygen atoms in total. The summed E-state index contributed by atoms with van der Waals surface area (Å²) in [5, 5.41) is 4.77. The minimum absolute atomic E-state index is 0.0115. The van der Waals surface area contributed by atoms with E-state index in [1.165, 1.54) is 4.57 Å². The highest BCUT2D eigenvalue weighted by atomic mass is 19.2. The molecular formula is C27H25F3N4O3. The summed E-state index contributed by atoms with van der Waals surface area (Å²) >= 11 is 0. The quantitative estimate of drug-likeness (QED) is 0.182. The molecule has 37 heavy (non-hydrogen) atoms. The van der Waals surface area contributed by atoms with Gasteiger partial charge in [0.2, 0.25) is 0 Å². The predicted octanol–water partition coefficient (Wildman–Crippen LogP) is 4.76. The Hall–Kier alpha value is -4.34. The fourth-order valence-corrected chi connectivity index (χ4v) is 4.01. The number of hydrogen-bond donors (Lipinski definition) is 2. The van der Waals surface area contributed by atoms with Gasteiger partial charge < -0.3 is 19.9 Å². The van der Waals surface area contributed by atoms with Crippen LogP contribution in [0.2, 0.25) is 0 Å². The summed E-state index contributed by atoms with van der Waals surface area (Å²) in [6.45, 7) is 1.85. The number of carbonyl (C=O) groups excluding carboxylic acids is 1. The van der Waals surface area contributed by atoms with Gasteiger partial charge in [0.15, 0.2) is 22.9 Å². The predicted molar refractivity (Wildman–Crippen MR) is 135 cm³/mol. The normalized spacial score (nSPS) is 10.9. The van der Waals surface area contributed by atoms with Gasteiger partial charge in [-0.25, -0.2) is 22.9 Å². The van der Waals surface area contributed by atoms with E-state index in [0.29, 0.717) is 12.2 Å². The summed E-state index contributed by atoms with van der Waals surface area (Å²) in [6.07, 6.45) is 1.92. The number of nitrogens with zero attached hydrogens (tertiary/aromatic N) is 2. The zero-order valence-electron chi connectivity index (χ0n) is 20.1. The van der Waals surface area contributed by atoms with Crippen molar-refractivity contribution in [3.8, 4) is 0 Å². The Bertz CT molecular complexity index is 1460. The van der Waals surface area contributed by atoms with Crippen LogP contribution in [0.3, 0.4) is 0 Å². The Morgan fingerprint density at radius 2 is 1.70 bits per heavy atom. The van der Waals surface area contributed by atoms with Crippen LogP contribution in [0.25, 0.3) is 10.9 Å². The summed E-state index contributed by atoms with van der Waals surface area (Å²) in [4.78, 5) is 29.5. The van der Waals surface area contributed by atoms with Gasteiger partial charge in [-0.15, -0.1) is 0 Å². The van der Waals surface area contributed by atoms with Crippen molar-refractivity contribution in [2.24, 2.45) is 0 Å². The van der Waals surface area contributed by atoms with E-state index in [1.54, 1.807) is 31.3 Å². The smallest absolute Gasteiger partial charge is 0.355 e. The van der Waals surface area contributed by atoms with Crippen molar-refractivity contribution < 1.29 is 22.7 Å². The first kappa shape index (κ1) is 25.7. The van der Waals surface area contributed by atoms with Crippen LogP contribution >= 0.6 is 0 Å². The van der Waals surface area contributed by atoms with E-state index >= 15 is 8.78 Å². The summed E-state index contributed by atoms with van der Waals surface area (Å²) in [6, 6.07) is 15.3. The van der Waals surface area contributed by atoms with Gasteiger partial charge in [0.25, 0.3) is 0 Å². The van der Waals surface area contributed by atoms with Crippen molar-refractivity contribution >= 4 is 28.4 Å². The molecule has 2 heterocycles. The maximum absolute atomic E-state index is 15.8. The first-order chi connectivity index (χ1) is 17.9. The van der Waals surface area contributed by atoms with Crippen LogP contribution in [-0.4, -0.2) is 35.2 Å². The van der Waals surface area contributed by atoms with Crippen LogP contribution in [-0.2, 0) is 17.7 Å². The molecule has 192 valence electrons. The van der Waals surface area contributed by atoms with E-state index in [9.17, 15) is 14.0 Å². The minimum atomic E-state index is -1.52. The van der Waals surface area contributed by atoms with Gasteiger partial charge in [-0.1, -0.05) is 36.4 Å². The van der Waals surface area contributed by atoms with Gasteiger partial charge >= 0.3 is 5.97 Å². The number of ether oxygens (including phenoxy) is 1. The first-order valence-electron chi connectivity index (χ1n) is 11.8. The van der Waals surface area contributed by atoms with Crippen LogP contribution in [0.5, 0.6) is 0 Å². The fourth-order valence-electron chi connectivity index (χ4n) is 4.01. The van der Waals surface area contributed by atoms with Crippen LogP contribution in [0.4, 0.5) is 24.7 Å². The SMILES string of the molecule is CCOC(=O)c1cc(=O)c2c(F)c(F)c(NCCNc3ccccn3)c(F)c2n1CCc1ccccc1. The summed E-state index contributed by atoms with van der Waals surface area (Å²) in [5.74, 6) is -4.50. The van der Waals surface area contributed by atoms with Crippen molar-refractivity contribution in [1.29, 1.82) is 0 Å². The summed E-state index contributed by atoms with van der Waals surface area (Å²) in [7, 11) is 0. The average Bonchev–Trinajstić information content (AvgIpc) is 2.91. The number of anilines is 2. The minimum Gasteiger partial charge on any atom is -0.461 e. The number of esters is 1. The van der Waals surface area contributed by atoms with Gasteiger partial charge in [0.05, 0.1) is 17.5 Å². The first-order valence-corrected chi connectivity index (χ1v) is 11.8. The topological polar surface area (TPSA) is 85.2 Å². The van der Waals surface area contributed by atoms with Gasteiger partial charge in [-0.2, -0.15) is 0 Å². The number of aromatic nitrogens is 2. The summed E-state index contributed by atoms with van der Waals surface area (Å²) < 4.78 is 52.2. The molecule has 0 unspecified atom stereocenters. The molecule has 0 aliphatic heterocycles. The standard InChI is InChI=1S/C27H25F3N4O3/c1-2-37-27(36)18-16-19(35)21-22(28)23(29)25(33-14-13-32-20-10-6-7-12-31-20)24(30)26(21)34(18)15-11-17-8-4-3-5-9-17/h3-10,12,16,33H,2,11,13-15H2,1H3,(H,31,32). The highest BCUT2D eigenvalue weighted by molar-refractivity contribution is 5.93. The molecule has 2 aromatic carbocycles. The van der Waals surface area contributed by atoms with E-state index in [1.807, 2.05) is 30.3 Å². The molecule has 0 spiro atoms. The molecule has 0 fully saturated rings. The van der Waals surface area contributed by atoms with Crippen molar-refractivity contribution in [1.82, 2.24) is 9.55 Å². The molecule has 0 aliphatic rings. The molecule has 0 bridgehead atoms. The van der Waals surface area contributed by atoms with Crippen molar-refractivity contribution in [2.45, 2.75) is 19.9 Å². The number of hydrogen-bond acceptors (Lipinski definition) is 6. The van der Waals surface area contributed by atoms with E-state index in [4.69, 9.17) is 4.74 Å². The van der Waals surface area contributed by atoms with Crippen molar-refractivity contribution in [3.63, 3.8) is 0 Å². The number of aryl methyl sites for hydroxylation is 2. The Morgan fingerprint density at radius 1 is 0.973 bits per heavy atom. The van der Waals surface area contributed by atoms with E-state index < -0.39 is 45.4 Å². The molecular weight excluding hydrogens is 485 g/mol. The highest BCUT2D eigenvalue weighted by Crippen LogP contribution is 2.31. The zero-order valence-corrected chi connectivity index (χ0v) is 20.1. The fraction of sp³-hybridized carbons (Fsp3) is 0.222. The second kappa shape index (κ2) is 11.6. The van der Waals surface area contributed by atoms with Crippen LogP contribution in [0, 0.1) is 17.5 Å². The van der Waals surface area contributed by atoms with Gasteiger partial charge in [0.1, 0.15) is 17.2 Å². The molecule has 10 heteroatoms. The number of pyridine rings is 2. The highest BCUT2D eigenvalue weighted by Gasteiger charge is 2.27. The maximum atomic E-state index is 15.8. The van der Waals surface area contributed by atoms with Gasteiger partial charge in [0, 0.05) is 31.9 Å². The number of nitrogens with one attached hydrogen (secondary N) is 2. The Balaban J connectivity index is 1.76. The molecule has 0 amide bonds. The van der Waals surface area contributed by atoms with Crippen molar-refractivity contribution in [2.75, 3.05) is 30.3 Å². The lowest BCUT2D eigenvalue weighted by Gasteiger charge is -2.19. The third-order valence-electron chi connectivity index (χ3n) is 5.72. The average molecular weight is 511 g/mol. The lowest BCUT2D eigenvalue weighted by atomic mass is 10.1. The van der Waals surface area contributed by atoms with E-state index in [0.717, 1.165) is 11.6 Å². The second-order valence-electron chi connectivity index (χ2n) is 8.11. The Morgan fingerprint density at radius 3 is 2.41 bits per heavy atom. The number of rotatable bonds is 10. The van der Waals surface area contributed by atoms with Crippen molar-refractivity contribution in [3.05, 3.63) is 99.7 Å². The zero-order chi connectivity index (χ0) is 26.4. The van der Waals surface area contributed by atoms with Gasteiger partial charge in [-0.05, 0) is 31.0 Å². The number of carbonyl (C=O) groups is 1. The van der Waals surface area contributed by atoms with Crippen LogP contribution < -0.4 is 16.1 Å². The lowest BCUT2D eigenvalue weighted by molar-refractivity contribution is 0.0513. The molecule has 0 saturated heterocycles. The van der Waals surface area contributed by atoms with E-state index in [-0.39, 0.29) is 31.9 Å². The third kappa shape index (κ3) is 5.58. The molecule has 2 N–H and O–H groups in total. The molecule has 0 atom stereocenters. The molecule has 4 aromatic rings. The Labute approximate surface area is 210 Å². The monoisotopic (exact) mass is 510 g/mol.